The third-order valence-corrected chi connectivity index (χ3v) is 6.16. The lowest BCUT2D eigenvalue weighted by Gasteiger charge is -2.18. The molecular formula is C23H30N6OS. The fourth-order valence-corrected chi connectivity index (χ4v) is 4.59. The van der Waals surface area contributed by atoms with Crippen molar-refractivity contribution in [3.8, 4) is 0 Å². The van der Waals surface area contributed by atoms with Gasteiger partial charge in [0.25, 0.3) is 0 Å². The lowest BCUT2D eigenvalue weighted by atomic mass is 10.1. The highest BCUT2D eigenvalue weighted by Crippen LogP contribution is 2.30. The van der Waals surface area contributed by atoms with Gasteiger partial charge in [-0.25, -0.2) is 14.6 Å². The van der Waals surface area contributed by atoms with Crippen LogP contribution in [0.25, 0.3) is 11.0 Å². The molecule has 1 aliphatic heterocycles. The fraction of sp³-hybridized carbons (Fsp3) is 0.478. The van der Waals surface area contributed by atoms with Gasteiger partial charge < -0.3 is 10.2 Å². The lowest BCUT2D eigenvalue weighted by Crippen LogP contribution is -2.29. The second kappa shape index (κ2) is 9.68. The summed E-state index contributed by atoms with van der Waals surface area (Å²) in [5, 5.41) is 9.76. The number of hydrogen-bond acceptors (Lipinski definition) is 6. The molecule has 1 aromatic carbocycles. The molecule has 0 saturated carbocycles. The Kier molecular flexibility index (Phi) is 6.75. The standard InChI is InChI=1S/C23H30N6OS/c1-16(2)31-23-26-21(28-10-4-5-11-28)19-15-25-29(22(19)27-23)12-9-24-20(30)14-18-8-6-7-17(3)13-18/h6-8,13,15-16H,4-5,9-12,14H2,1-3H3,(H,24,30). The SMILES string of the molecule is Cc1cccc(CC(=O)NCCn2ncc3c(N4CCCC4)nc(SC(C)C)nc32)c1. The average Bonchev–Trinajstić information content (AvgIpc) is 3.37. The van der Waals surface area contributed by atoms with E-state index in [1.807, 2.05) is 42.1 Å². The van der Waals surface area contributed by atoms with Crippen molar-refractivity contribution in [2.24, 2.45) is 0 Å². The van der Waals surface area contributed by atoms with Crippen LogP contribution in [0.15, 0.2) is 35.6 Å². The first-order valence-electron chi connectivity index (χ1n) is 11.0. The van der Waals surface area contributed by atoms with Crippen LogP contribution >= 0.6 is 11.8 Å². The van der Waals surface area contributed by atoms with Crippen LogP contribution in [0.2, 0.25) is 0 Å². The van der Waals surface area contributed by atoms with Crippen LogP contribution in [-0.4, -0.2) is 50.5 Å². The Morgan fingerprint density at radius 1 is 1.23 bits per heavy atom. The molecule has 1 aliphatic rings. The number of benzene rings is 1. The Morgan fingerprint density at radius 3 is 2.77 bits per heavy atom. The van der Waals surface area contributed by atoms with Crippen LogP contribution in [0.5, 0.6) is 0 Å². The van der Waals surface area contributed by atoms with Gasteiger partial charge in [-0.3, -0.25) is 4.79 Å². The average molecular weight is 439 g/mol. The number of rotatable bonds is 8. The van der Waals surface area contributed by atoms with E-state index in [1.165, 1.54) is 12.8 Å². The Hall–Kier alpha value is -2.61. The normalized spacial score (nSPS) is 14.0. The second-order valence-electron chi connectivity index (χ2n) is 8.31. The molecule has 0 aliphatic carbocycles. The molecule has 2 aromatic heterocycles. The molecule has 0 bridgehead atoms. The lowest BCUT2D eigenvalue weighted by molar-refractivity contribution is -0.120. The molecule has 7 nitrogen and oxygen atoms in total. The minimum atomic E-state index is 0.0190. The van der Waals surface area contributed by atoms with Gasteiger partial charge in [0.2, 0.25) is 5.91 Å². The van der Waals surface area contributed by atoms with E-state index in [0.29, 0.717) is 24.8 Å². The van der Waals surface area contributed by atoms with Crippen LogP contribution in [0.1, 0.15) is 37.8 Å². The van der Waals surface area contributed by atoms with Gasteiger partial charge in [-0.05, 0) is 25.3 Å². The monoisotopic (exact) mass is 438 g/mol. The topological polar surface area (TPSA) is 75.9 Å². The number of aryl methyl sites for hydroxylation is 1. The van der Waals surface area contributed by atoms with E-state index in [2.05, 4.69) is 29.2 Å². The Bertz CT molecular complexity index is 1060. The zero-order valence-electron chi connectivity index (χ0n) is 18.5. The smallest absolute Gasteiger partial charge is 0.224 e. The summed E-state index contributed by atoms with van der Waals surface area (Å²) in [6, 6.07) is 8.05. The summed E-state index contributed by atoms with van der Waals surface area (Å²) in [5.41, 5.74) is 3.03. The number of carbonyl (C=O) groups is 1. The summed E-state index contributed by atoms with van der Waals surface area (Å²) >= 11 is 1.67. The van der Waals surface area contributed by atoms with Crippen molar-refractivity contribution >= 4 is 34.5 Å². The number of carbonyl (C=O) groups excluding carboxylic acids is 1. The zero-order chi connectivity index (χ0) is 21.8. The zero-order valence-corrected chi connectivity index (χ0v) is 19.3. The molecule has 0 atom stereocenters. The Labute approximate surface area is 187 Å². The predicted molar refractivity (Wildman–Crippen MR) is 126 cm³/mol. The van der Waals surface area contributed by atoms with Gasteiger partial charge in [-0.15, -0.1) is 0 Å². The van der Waals surface area contributed by atoms with E-state index in [9.17, 15) is 4.79 Å². The molecule has 0 unspecified atom stereocenters. The highest BCUT2D eigenvalue weighted by molar-refractivity contribution is 7.99. The van der Waals surface area contributed by atoms with Crippen molar-refractivity contribution in [3.05, 3.63) is 41.6 Å². The van der Waals surface area contributed by atoms with Crippen LogP contribution in [0.4, 0.5) is 5.82 Å². The van der Waals surface area contributed by atoms with Crippen LogP contribution in [-0.2, 0) is 17.8 Å². The number of aromatic nitrogens is 4. The highest BCUT2D eigenvalue weighted by Gasteiger charge is 2.21. The molecule has 1 fully saturated rings. The molecule has 1 saturated heterocycles. The first kappa shape index (κ1) is 21.6. The van der Waals surface area contributed by atoms with Gasteiger partial charge in [0.15, 0.2) is 10.8 Å². The number of nitrogens with zero attached hydrogens (tertiary/aromatic N) is 5. The van der Waals surface area contributed by atoms with Crippen LogP contribution in [0, 0.1) is 6.92 Å². The van der Waals surface area contributed by atoms with Crippen molar-refractivity contribution in [1.82, 2.24) is 25.1 Å². The summed E-state index contributed by atoms with van der Waals surface area (Å²) < 4.78 is 1.88. The van der Waals surface area contributed by atoms with E-state index in [4.69, 9.17) is 9.97 Å². The Morgan fingerprint density at radius 2 is 2.03 bits per heavy atom. The first-order chi connectivity index (χ1) is 15.0. The first-order valence-corrected chi connectivity index (χ1v) is 11.8. The van der Waals surface area contributed by atoms with Crippen molar-refractivity contribution in [2.45, 2.75) is 57.0 Å². The number of anilines is 1. The number of nitrogens with one attached hydrogen (secondary N) is 1. The van der Waals surface area contributed by atoms with Crippen molar-refractivity contribution in [2.75, 3.05) is 24.5 Å². The van der Waals surface area contributed by atoms with Gasteiger partial charge >= 0.3 is 0 Å². The van der Waals surface area contributed by atoms with Crippen LogP contribution in [0.3, 0.4) is 0 Å². The molecule has 3 aromatic rings. The maximum absolute atomic E-state index is 12.3. The van der Waals surface area contributed by atoms with Gasteiger partial charge in [0.05, 0.1) is 24.5 Å². The second-order valence-corrected chi connectivity index (χ2v) is 9.85. The van der Waals surface area contributed by atoms with Gasteiger partial charge in [0, 0.05) is 24.9 Å². The quantitative estimate of drug-likeness (QED) is 0.428. The highest BCUT2D eigenvalue weighted by atomic mass is 32.2. The number of amides is 1. The molecular weight excluding hydrogens is 408 g/mol. The molecule has 164 valence electrons. The van der Waals surface area contributed by atoms with Crippen molar-refractivity contribution < 1.29 is 4.79 Å². The van der Waals surface area contributed by atoms with E-state index in [0.717, 1.165) is 46.2 Å². The molecule has 8 heteroatoms. The largest absolute Gasteiger partial charge is 0.356 e. The van der Waals surface area contributed by atoms with Crippen LogP contribution < -0.4 is 10.2 Å². The minimum Gasteiger partial charge on any atom is -0.356 e. The van der Waals surface area contributed by atoms with E-state index >= 15 is 0 Å². The third-order valence-electron chi connectivity index (χ3n) is 5.30. The molecule has 0 radical (unpaired) electrons. The summed E-state index contributed by atoms with van der Waals surface area (Å²) in [4.78, 5) is 24.3. The number of fused-ring (bicyclic) bond motifs is 1. The molecule has 0 spiro atoms. The molecule has 31 heavy (non-hydrogen) atoms. The van der Waals surface area contributed by atoms with Crippen molar-refractivity contribution in [3.63, 3.8) is 0 Å². The molecule has 1 amide bonds. The summed E-state index contributed by atoms with van der Waals surface area (Å²) in [7, 11) is 0. The van der Waals surface area contributed by atoms with Crippen molar-refractivity contribution in [1.29, 1.82) is 0 Å². The maximum Gasteiger partial charge on any atom is 0.224 e. The van der Waals surface area contributed by atoms with E-state index in [-0.39, 0.29) is 5.91 Å². The van der Waals surface area contributed by atoms with E-state index < -0.39 is 0 Å². The summed E-state index contributed by atoms with van der Waals surface area (Å²) in [5.74, 6) is 1.01. The molecule has 4 rings (SSSR count). The van der Waals surface area contributed by atoms with Gasteiger partial charge in [0.1, 0.15) is 5.82 Å². The van der Waals surface area contributed by atoms with E-state index in [1.54, 1.807) is 11.8 Å². The van der Waals surface area contributed by atoms with Gasteiger partial charge in [-0.2, -0.15) is 5.10 Å². The van der Waals surface area contributed by atoms with Gasteiger partial charge in [-0.1, -0.05) is 55.4 Å². The summed E-state index contributed by atoms with van der Waals surface area (Å²) in [6.45, 7) is 9.47. The predicted octanol–water partition coefficient (Wildman–Crippen LogP) is 3.59. The fourth-order valence-electron chi connectivity index (χ4n) is 3.89. The third kappa shape index (κ3) is 5.36. The molecule has 1 N–H and O–H groups in total. The maximum atomic E-state index is 12.3. The number of thioether (sulfide) groups is 1. The minimum absolute atomic E-state index is 0.0190. The number of hydrogen-bond donors (Lipinski definition) is 1. The summed E-state index contributed by atoms with van der Waals surface area (Å²) in [6.07, 6.45) is 4.64. The Balaban J connectivity index is 1.47. The molecule has 3 heterocycles.